The van der Waals surface area contributed by atoms with E-state index < -0.39 is 0 Å². The summed E-state index contributed by atoms with van der Waals surface area (Å²) >= 11 is 0. The molecule has 0 amide bonds. The Morgan fingerprint density at radius 3 is 2.25 bits per heavy atom. The number of aliphatic hydroxyl groups is 1. The minimum atomic E-state index is -0.251. The average Bonchev–Trinajstić information content (AvgIpc) is 1.96. The molecule has 0 heterocycles. The third kappa shape index (κ3) is 5.14. The van der Waals surface area contributed by atoms with Crippen LogP contribution in [0.2, 0.25) is 0 Å². The molecule has 0 rings (SSSR count). The third-order valence-corrected chi connectivity index (χ3v) is 1.80. The third-order valence-electron chi connectivity index (χ3n) is 1.80. The quantitative estimate of drug-likeness (QED) is 0.642. The Labute approximate surface area is 75.8 Å². The molecular weight excluding hydrogens is 148 g/mol. The summed E-state index contributed by atoms with van der Waals surface area (Å²) in [6, 6.07) is 0. The lowest BCUT2D eigenvalue weighted by atomic mass is 9.87. The SMILES string of the molecule is C/C=C/C=C\CC(O)C(C)(C)C. The molecule has 0 saturated carbocycles. The van der Waals surface area contributed by atoms with Gasteiger partial charge in [-0.25, -0.2) is 0 Å². The summed E-state index contributed by atoms with van der Waals surface area (Å²) in [5.41, 5.74) is -0.0136. The van der Waals surface area contributed by atoms with Gasteiger partial charge in [-0.1, -0.05) is 45.1 Å². The van der Waals surface area contributed by atoms with E-state index in [1.54, 1.807) is 0 Å². The Morgan fingerprint density at radius 1 is 1.25 bits per heavy atom. The van der Waals surface area contributed by atoms with Crippen LogP contribution in [0.25, 0.3) is 0 Å². The number of rotatable bonds is 3. The van der Waals surface area contributed by atoms with Crippen LogP contribution >= 0.6 is 0 Å². The lowest BCUT2D eigenvalue weighted by Crippen LogP contribution is -2.24. The van der Waals surface area contributed by atoms with Crippen LogP contribution < -0.4 is 0 Å². The second-order valence-corrected chi connectivity index (χ2v) is 4.07. The smallest absolute Gasteiger partial charge is 0.0622 e. The summed E-state index contributed by atoms with van der Waals surface area (Å²) < 4.78 is 0. The Balaban J connectivity index is 3.79. The van der Waals surface area contributed by atoms with Crippen molar-refractivity contribution in [3.8, 4) is 0 Å². The maximum atomic E-state index is 9.61. The van der Waals surface area contributed by atoms with Crippen LogP contribution in [0.15, 0.2) is 24.3 Å². The molecule has 0 saturated heterocycles. The normalized spacial score (nSPS) is 16.1. The van der Waals surface area contributed by atoms with Crippen molar-refractivity contribution in [3.63, 3.8) is 0 Å². The van der Waals surface area contributed by atoms with E-state index in [0.29, 0.717) is 0 Å². The molecule has 0 aromatic heterocycles. The first-order valence-electron chi connectivity index (χ1n) is 4.44. The summed E-state index contributed by atoms with van der Waals surface area (Å²) in [5.74, 6) is 0. The van der Waals surface area contributed by atoms with Crippen molar-refractivity contribution in [3.05, 3.63) is 24.3 Å². The van der Waals surface area contributed by atoms with Gasteiger partial charge in [0.15, 0.2) is 0 Å². The van der Waals surface area contributed by atoms with Crippen LogP contribution in [0.3, 0.4) is 0 Å². The number of hydrogen-bond acceptors (Lipinski definition) is 1. The van der Waals surface area contributed by atoms with Crippen LogP contribution in [0.1, 0.15) is 34.1 Å². The largest absolute Gasteiger partial charge is 0.392 e. The number of hydrogen-bond donors (Lipinski definition) is 1. The van der Waals surface area contributed by atoms with Gasteiger partial charge in [0.1, 0.15) is 0 Å². The highest BCUT2D eigenvalue weighted by Crippen LogP contribution is 2.21. The molecule has 70 valence electrons. The van der Waals surface area contributed by atoms with Crippen LogP contribution in [-0.2, 0) is 0 Å². The zero-order valence-corrected chi connectivity index (χ0v) is 8.54. The molecule has 1 N–H and O–H groups in total. The standard InChI is InChI=1S/C11H20O/c1-5-6-7-8-9-10(12)11(2,3)4/h5-8,10,12H,9H2,1-4H3/b6-5+,8-7-. The van der Waals surface area contributed by atoms with Crippen LogP contribution in [-0.4, -0.2) is 11.2 Å². The second kappa shape index (κ2) is 5.15. The lowest BCUT2D eigenvalue weighted by Gasteiger charge is -2.24. The number of aliphatic hydroxyl groups excluding tert-OH is 1. The fraction of sp³-hybridized carbons (Fsp3) is 0.636. The molecule has 0 bridgehead atoms. The highest BCUT2D eigenvalue weighted by atomic mass is 16.3. The molecule has 1 atom stereocenters. The van der Waals surface area contributed by atoms with E-state index in [1.165, 1.54) is 0 Å². The van der Waals surface area contributed by atoms with Gasteiger partial charge in [-0.05, 0) is 18.8 Å². The van der Waals surface area contributed by atoms with E-state index in [1.807, 2.05) is 52.0 Å². The van der Waals surface area contributed by atoms with Crippen molar-refractivity contribution in [1.82, 2.24) is 0 Å². The van der Waals surface area contributed by atoms with Crippen molar-refractivity contribution < 1.29 is 5.11 Å². The molecule has 1 heteroatoms. The summed E-state index contributed by atoms with van der Waals surface area (Å²) in [5, 5.41) is 9.61. The first-order valence-corrected chi connectivity index (χ1v) is 4.44. The average molecular weight is 168 g/mol. The van der Waals surface area contributed by atoms with Crippen LogP contribution in [0, 0.1) is 5.41 Å². The second-order valence-electron chi connectivity index (χ2n) is 4.07. The Hall–Kier alpha value is -0.560. The summed E-state index contributed by atoms with van der Waals surface area (Å²) in [6.07, 6.45) is 8.38. The maximum absolute atomic E-state index is 9.61. The van der Waals surface area contributed by atoms with Crippen molar-refractivity contribution in [2.24, 2.45) is 5.41 Å². The van der Waals surface area contributed by atoms with E-state index in [4.69, 9.17) is 0 Å². The van der Waals surface area contributed by atoms with Crippen molar-refractivity contribution >= 4 is 0 Å². The summed E-state index contributed by atoms with van der Waals surface area (Å²) in [4.78, 5) is 0. The first-order chi connectivity index (χ1) is 5.48. The predicted octanol–water partition coefficient (Wildman–Crippen LogP) is 2.92. The molecule has 0 aromatic rings. The highest BCUT2D eigenvalue weighted by molar-refractivity contribution is 5.02. The topological polar surface area (TPSA) is 20.2 Å². The molecule has 0 aliphatic rings. The molecule has 0 spiro atoms. The highest BCUT2D eigenvalue weighted by Gasteiger charge is 2.19. The van der Waals surface area contributed by atoms with Gasteiger partial charge in [0.25, 0.3) is 0 Å². The van der Waals surface area contributed by atoms with Crippen molar-refractivity contribution in [1.29, 1.82) is 0 Å². The minimum Gasteiger partial charge on any atom is -0.392 e. The van der Waals surface area contributed by atoms with E-state index >= 15 is 0 Å². The molecule has 0 fully saturated rings. The number of allylic oxidation sites excluding steroid dienone is 3. The van der Waals surface area contributed by atoms with E-state index in [9.17, 15) is 5.11 Å². The van der Waals surface area contributed by atoms with Crippen LogP contribution in [0.4, 0.5) is 0 Å². The zero-order valence-electron chi connectivity index (χ0n) is 8.54. The lowest BCUT2D eigenvalue weighted by molar-refractivity contribution is 0.0659. The predicted molar refractivity (Wildman–Crippen MR) is 54.0 cm³/mol. The van der Waals surface area contributed by atoms with Gasteiger partial charge in [-0.3, -0.25) is 0 Å². The summed E-state index contributed by atoms with van der Waals surface area (Å²) in [6.45, 7) is 8.11. The van der Waals surface area contributed by atoms with Gasteiger partial charge in [0.05, 0.1) is 6.10 Å². The molecular formula is C11H20O. The minimum absolute atomic E-state index is 0.0136. The molecule has 0 radical (unpaired) electrons. The monoisotopic (exact) mass is 168 g/mol. The molecule has 1 unspecified atom stereocenters. The van der Waals surface area contributed by atoms with Gasteiger partial charge < -0.3 is 5.11 Å². The van der Waals surface area contributed by atoms with E-state index in [0.717, 1.165) is 6.42 Å². The van der Waals surface area contributed by atoms with E-state index in [2.05, 4.69) is 0 Å². The zero-order chi connectivity index (χ0) is 9.61. The molecule has 1 nitrogen and oxygen atoms in total. The van der Waals surface area contributed by atoms with Gasteiger partial charge >= 0.3 is 0 Å². The van der Waals surface area contributed by atoms with Gasteiger partial charge in [-0.2, -0.15) is 0 Å². The molecule has 0 aromatic carbocycles. The van der Waals surface area contributed by atoms with Gasteiger partial charge in [0, 0.05) is 0 Å². The Kier molecular flexibility index (Phi) is 4.91. The van der Waals surface area contributed by atoms with E-state index in [-0.39, 0.29) is 11.5 Å². The van der Waals surface area contributed by atoms with Crippen molar-refractivity contribution in [2.75, 3.05) is 0 Å². The molecule has 0 aliphatic carbocycles. The van der Waals surface area contributed by atoms with Crippen molar-refractivity contribution in [2.45, 2.75) is 40.2 Å². The fourth-order valence-corrected chi connectivity index (χ4v) is 0.751. The molecule has 12 heavy (non-hydrogen) atoms. The Bertz CT molecular complexity index is 160. The first kappa shape index (κ1) is 11.4. The van der Waals surface area contributed by atoms with Gasteiger partial charge in [0.2, 0.25) is 0 Å². The fourth-order valence-electron chi connectivity index (χ4n) is 0.751. The Morgan fingerprint density at radius 2 is 1.83 bits per heavy atom. The maximum Gasteiger partial charge on any atom is 0.0622 e. The molecule has 0 aliphatic heterocycles. The van der Waals surface area contributed by atoms with Crippen LogP contribution in [0.5, 0.6) is 0 Å². The summed E-state index contributed by atoms with van der Waals surface area (Å²) in [7, 11) is 0. The van der Waals surface area contributed by atoms with Gasteiger partial charge in [-0.15, -0.1) is 0 Å².